The van der Waals surface area contributed by atoms with Crippen LogP contribution in [-0.4, -0.2) is 25.1 Å². The molecule has 5 heteroatoms. The summed E-state index contributed by atoms with van der Waals surface area (Å²) in [5.41, 5.74) is 4.23. The third-order valence-electron chi connectivity index (χ3n) is 6.23. The zero-order valence-electron chi connectivity index (χ0n) is 22.0. The number of rotatable bonds is 7. The molecule has 186 valence electrons. The lowest BCUT2D eigenvalue weighted by molar-refractivity contribution is -0.120. The lowest BCUT2D eigenvalue weighted by atomic mass is 9.91. The maximum absolute atomic E-state index is 13.6. The van der Waals surface area contributed by atoms with E-state index in [1.807, 2.05) is 37.3 Å². The van der Waals surface area contributed by atoms with Crippen LogP contribution in [0.5, 0.6) is 11.5 Å². The van der Waals surface area contributed by atoms with Gasteiger partial charge in [-0.25, -0.2) is 4.98 Å². The van der Waals surface area contributed by atoms with Gasteiger partial charge in [-0.1, -0.05) is 63.2 Å². The first-order valence-corrected chi connectivity index (χ1v) is 12.2. The highest BCUT2D eigenvalue weighted by Crippen LogP contribution is 2.33. The molecule has 36 heavy (non-hydrogen) atoms. The highest BCUT2D eigenvalue weighted by atomic mass is 16.5. The zero-order valence-corrected chi connectivity index (χ0v) is 22.0. The average Bonchev–Trinajstić information content (AvgIpc) is 2.86. The van der Waals surface area contributed by atoms with E-state index >= 15 is 0 Å². The van der Waals surface area contributed by atoms with Crippen LogP contribution in [0.4, 0.5) is 5.82 Å². The van der Waals surface area contributed by atoms with Crippen LogP contribution < -0.4 is 14.4 Å². The highest BCUT2D eigenvalue weighted by molar-refractivity contribution is 6.03. The molecular weight excluding hydrogens is 448 g/mol. The second-order valence-electron chi connectivity index (χ2n) is 10.3. The number of aromatic nitrogens is 1. The van der Waals surface area contributed by atoms with Crippen molar-refractivity contribution in [1.82, 2.24) is 4.98 Å². The van der Waals surface area contributed by atoms with E-state index in [9.17, 15) is 4.79 Å². The summed E-state index contributed by atoms with van der Waals surface area (Å²) in [6.07, 6.45) is 2.16. The Morgan fingerprint density at radius 1 is 0.861 bits per heavy atom. The van der Waals surface area contributed by atoms with E-state index in [4.69, 9.17) is 9.47 Å². The molecule has 1 aromatic heterocycles. The average molecular weight is 483 g/mol. The van der Waals surface area contributed by atoms with Gasteiger partial charge in [0, 0.05) is 23.4 Å². The number of benzene rings is 3. The minimum absolute atomic E-state index is 0.0418. The van der Waals surface area contributed by atoms with Crippen molar-refractivity contribution in [2.45, 2.75) is 40.7 Å². The minimum Gasteiger partial charge on any atom is -0.496 e. The highest BCUT2D eigenvalue weighted by Gasteiger charge is 2.25. The quantitative estimate of drug-likeness (QED) is 0.280. The molecule has 0 unspecified atom stereocenters. The van der Waals surface area contributed by atoms with Gasteiger partial charge in [-0.05, 0) is 58.9 Å². The maximum atomic E-state index is 13.6. The largest absolute Gasteiger partial charge is 0.496 e. The molecule has 4 aromatic rings. The number of carbonyl (C=O) groups excluding carboxylic acids is 1. The Morgan fingerprint density at radius 3 is 2.19 bits per heavy atom. The molecule has 0 spiro atoms. The second-order valence-corrected chi connectivity index (χ2v) is 10.3. The van der Waals surface area contributed by atoms with Gasteiger partial charge in [-0.15, -0.1) is 0 Å². The summed E-state index contributed by atoms with van der Waals surface area (Å²) in [4.78, 5) is 20.1. The summed E-state index contributed by atoms with van der Waals surface area (Å²) < 4.78 is 11.0. The first-order valence-electron chi connectivity index (χ1n) is 12.2. The van der Waals surface area contributed by atoms with Gasteiger partial charge in [-0.2, -0.15) is 0 Å². The Balaban J connectivity index is 1.70. The monoisotopic (exact) mass is 482 g/mol. The van der Waals surface area contributed by atoms with E-state index in [0.29, 0.717) is 18.8 Å². The molecule has 3 aromatic carbocycles. The van der Waals surface area contributed by atoms with Crippen molar-refractivity contribution in [3.8, 4) is 22.6 Å². The van der Waals surface area contributed by atoms with Crippen molar-refractivity contribution in [2.75, 3.05) is 19.1 Å². The Bertz CT molecular complexity index is 1370. The van der Waals surface area contributed by atoms with Crippen LogP contribution in [0.2, 0.25) is 0 Å². The van der Waals surface area contributed by atoms with Crippen LogP contribution in [0.15, 0.2) is 72.9 Å². The van der Waals surface area contributed by atoms with E-state index in [2.05, 4.69) is 62.2 Å². The molecule has 1 heterocycles. The van der Waals surface area contributed by atoms with Crippen molar-refractivity contribution < 1.29 is 14.3 Å². The molecule has 0 bridgehead atoms. The van der Waals surface area contributed by atoms with Gasteiger partial charge in [0.15, 0.2) is 0 Å². The predicted molar refractivity (Wildman–Crippen MR) is 147 cm³/mol. The van der Waals surface area contributed by atoms with Crippen LogP contribution in [-0.2, 0) is 11.3 Å². The summed E-state index contributed by atoms with van der Waals surface area (Å²) >= 11 is 0. The molecule has 0 aliphatic carbocycles. The van der Waals surface area contributed by atoms with E-state index in [-0.39, 0.29) is 11.3 Å². The number of nitrogens with zero attached hydrogens (tertiary/aromatic N) is 2. The lowest BCUT2D eigenvalue weighted by Crippen LogP contribution is -2.34. The van der Waals surface area contributed by atoms with Gasteiger partial charge < -0.3 is 9.47 Å². The topological polar surface area (TPSA) is 51.7 Å². The summed E-state index contributed by atoms with van der Waals surface area (Å²) in [7, 11) is 3.34. The molecule has 0 saturated carbocycles. The molecule has 0 aliphatic rings. The Morgan fingerprint density at radius 2 is 1.56 bits per heavy atom. The number of ether oxygens (including phenoxy) is 2. The molecule has 0 aliphatic heterocycles. The maximum Gasteiger partial charge on any atom is 0.229 e. The summed E-state index contributed by atoms with van der Waals surface area (Å²) in [6.45, 7) is 8.71. The van der Waals surface area contributed by atoms with Crippen molar-refractivity contribution in [3.05, 3.63) is 84.1 Å². The molecule has 0 N–H and O–H groups in total. The van der Waals surface area contributed by atoms with E-state index in [1.54, 1.807) is 25.3 Å². The fourth-order valence-corrected chi connectivity index (χ4v) is 4.43. The fourth-order valence-electron chi connectivity index (χ4n) is 4.43. The van der Waals surface area contributed by atoms with Gasteiger partial charge in [0.1, 0.15) is 17.3 Å². The van der Waals surface area contributed by atoms with Gasteiger partial charge >= 0.3 is 0 Å². The predicted octanol–water partition coefficient (Wildman–Crippen LogP) is 7.20. The van der Waals surface area contributed by atoms with Crippen molar-refractivity contribution in [3.63, 3.8) is 0 Å². The van der Waals surface area contributed by atoms with E-state index < -0.39 is 0 Å². The third kappa shape index (κ3) is 5.51. The van der Waals surface area contributed by atoms with Gasteiger partial charge in [0.05, 0.1) is 20.8 Å². The molecule has 4 rings (SSSR count). The SMILES string of the molecule is COc1ccc(-c2ccc(CN(C(=O)CC(C)(C)C)c3nccc4c(OC)cccc34)cc2)cc1C. The number of aryl methyl sites for hydroxylation is 1. The summed E-state index contributed by atoms with van der Waals surface area (Å²) in [5, 5.41) is 1.83. The molecule has 0 atom stereocenters. The Kier molecular flexibility index (Phi) is 7.30. The normalized spacial score (nSPS) is 11.4. The number of hydrogen-bond acceptors (Lipinski definition) is 4. The summed E-state index contributed by atoms with van der Waals surface area (Å²) in [5.74, 6) is 2.33. The van der Waals surface area contributed by atoms with Gasteiger partial charge in [0.2, 0.25) is 5.91 Å². The van der Waals surface area contributed by atoms with Crippen LogP contribution in [0.25, 0.3) is 21.9 Å². The number of anilines is 1. The number of methoxy groups -OCH3 is 2. The summed E-state index contributed by atoms with van der Waals surface area (Å²) in [6, 6.07) is 22.3. The van der Waals surface area contributed by atoms with Crippen LogP contribution >= 0.6 is 0 Å². The molecule has 0 fully saturated rings. The van der Waals surface area contributed by atoms with Crippen LogP contribution in [0.3, 0.4) is 0 Å². The third-order valence-corrected chi connectivity index (χ3v) is 6.23. The minimum atomic E-state index is -0.145. The number of amides is 1. The number of hydrogen-bond donors (Lipinski definition) is 0. The van der Waals surface area contributed by atoms with Crippen molar-refractivity contribution in [2.24, 2.45) is 5.41 Å². The molecule has 5 nitrogen and oxygen atoms in total. The van der Waals surface area contributed by atoms with Crippen molar-refractivity contribution >= 4 is 22.5 Å². The van der Waals surface area contributed by atoms with Crippen LogP contribution in [0, 0.1) is 12.3 Å². The zero-order chi connectivity index (χ0) is 25.9. The smallest absolute Gasteiger partial charge is 0.229 e. The molecule has 0 saturated heterocycles. The molecule has 0 radical (unpaired) electrons. The van der Waals surface area contributed by atoms with Gasteiger partial charge in [0.25, 0.3) is 0 Å². The van der Waals surface area contributed by atoms with Crippen LogP contribution in [0.1, 0.15) is 38.3 Å². The lowest BCUT2D eigenvalue weighted by Gasteiger charge is -2.27. The number of fused-ring (bicyclic) bond motifs is 1. The fraction of sp³-hybridized carbons (Fsp3) is 0.290. The molecular formula is C31H34N2O3. The van der Waals surface area contributed by atoms with E-state index in [0.717, 1.165) is 44.5 Å². The second kappa shape index (κ2) is 10.4. The number of carbonyl (C=O) groups is 1. The van der Waals surface area contributed by atoms with E-state index in [1.165, 1.54) is 0 Å². The Hall–Kier alpha value is -3.86. The number of pyridine rings is 1. The van der Waals surface area contributed by atoms with Gasteiger partial charge in [-0.3, -0.25) is 9.69 Å². The Labute approximate surface area is 213 Å². The first kappa shape index (κ1) is 25.2. The molecule has 1 amide bonds. The first-order chi connectivity index (χ1) is 17.2. The van der Waals surface area contributed by atoms with Crippen molar-refractivity contribution in [1.29, 1.82) is 0 Å². The standard InChI is InChI=1S/C31H34N2O3/c1-21-18-24(14-15-27(21)35-5)23-12-10-22(11-13-23)20-33(29(34)19-31(2,3)4)30-26-8-7-9-28(36-6)25(26)16-17-32-30/h7-18H,19-20H2,1-6H3.